The Labute approximate surface area is 174 Å². The number of benzene rings is 2. The van der Waals surface area contributed by atoms with Crippen molar-refractivity contribution in [2.24, 2.45) is 0 Å². The Morgan fingerprint density at radius 2 is 1.93 bits per heavy atom. The van der Waals surface area contributed by atoms with E-state index in [2.05, 4.69) is 21.2 Å². The van der Waals surface area contributed by atoms with Crippen LogP contribution < -0.4 is 5.32 Å². The van der Waals surface area contributed by atoms with Gasteiger partial charge in [-0.1, -0.05) is 45.7 Å². The number of thiophene rings is 1. The lowest BCUT2D eigenvalue weighted by Crippen LogP contribution is -2.14. The molecule has 1 heterocycles. The first-order valence-electron chi connectivity index (χ1n) is 8.11. The van der Waals surface area contributed by atoms with Gasteiger partial charge in [-0.05, 0) is 42.8 Å². The van der Waals surface area contributed by atoms with Gasteiger partial charge in [0.05, 0.1) is 6.61 Å². The minimum absolute atomic E-state index is 0.244. The van der Waals surface area contributed by atoms with Crippen molar-refractivity contribution in [2.75, 3.05) is 11.9 Å². The summed E-state index contributed by atoms with van der Waals surface area (Å²) in [5, 5.41) is 5.71. The van der Waals surface area contributed by atoms with E-state index in [-0.39, 0.29) is 12.5 Å². The van der Waals surface area contributed by atoms with E-state index in [1.165, 1.54) is 11.3 Å². The van der Waals surface area contributed by atoms with Crippen molar-refractivity contribution in [1.29, 1.82) is 0 Å². The summed E-state index contributed by atoms with van der Waals surface area (Å²) in [6.07, 6.45) is 0. The summed E-state index contributed by atoms with van der Waals surface area (Å²) in [6.45, 7) is 1.99. The van der Waals surface area contributed by atoms with E-state index >= 15 is 0 Å². The van der Waals surface area contributed by atoms with Gasteiger partial charge in [0.15, 0.2) is 0 Å². The molecule has 0 fully saturated rings. The lowest BCUT2D eigenvalue weighted by atomic mass is 10.0. The lowest BCUT2D eigenvalue weighted by Gasteiger charge is -2.09. The van der Waals surface area contributed by atoms with Crippen molar-refractivity contribution >= 4 is 55.7 Å². The van der Waals surface area contributed by atoms with Gasteiger partial charge in [-0.2, -0.15) is 0 Å². The van der Waals surface area contributed by atoms with Crippen molar-refractivity contribution < 1.29 is 14.3 Å². The van der Waals surface area contributed by atoms with Gasteiger partial charge in [-0.15, -0.1) is 11.3 Å². The molecule has 0 atom stereocenters. The van der Waals surface area contributed by atoms with Crippen molar-refractivity contribution in [1.82, 2.24) is 0 Å². The van der Waals surface area contributed by atoms with Crippen LogP contribution in [-0.4, -0.2) is 18.5 Å². The molecule has 0 aliphatic carbocycles. The zero-order chi connectivity index (χ0) is 19.4. The zero-order valence-corrected chi connectivity index (χ0v) is 17.5. The maximum absolute atomic E-state index is 12.6. The maximum atomic E-state index is 12.6. The lowest BCUT2D eigenvalue weighted by molar-refractivity contribution is 0.0529. The minimum Gasteiger partial charge on any atom is -0.462 e. The summed E-state index contributed by atoms with van der Waals surface area (Å²) in [4.78, 5) is 25.2. The average Bonchev–Trinajstić information content (AvgIpc) is 3.06. The van der Waals surface area contributed by atoms with Crippen molar-refractivity contribution in [2.45, 2.75) is 6.92 Å². The highest BCUT2D eigenvalue weighted by atomic mass is 79.9. The second-order valence-electron chi connectivity index (χ2n) is 5.55. The van der Waals surface area contributed by atoms with Gasteiger partial charge in [0.1, 0.15) is 10.6 Å². The van der Waals surface area contributed by atoms with Gasteiger partial charge in [0, 0.05) is 26.0 Å². The monoisotopic (exact) mass is 463 g/mol. The molecular formula is C20H15BrClNO3S. The summed E-state index contributed by atoms with van der Waals surface area (Å²) in [5.41, 5.74) is 2.34. The molecule has 3 rings (SSSR count). The zero-order valence-electron chi connectivity index (χ0n) is 14.3. The number of nitrogens with one attached hydrogen (secondary N) is 1. The Kier molecular flexibility index (Phi) is 6.31. The SMILES string of the molecule is CCOC(=O)c1c(-c2ccc(Cl)cc2)csc1NC(=O)c1cccc(Br)c1. The molecule has 2 aromatic carbocycles. The molecule has 0 aliphatic rings. The van der Waals surface area contributed by atoms with Crippen molar-refractivity contribution in [3.63, 3.8) is 0 Å². The van der Waals surface area contributed by atoms with Crippen LogP contribution in [0.4, 0.5) is 5.00 Å². The summed E-state index contributed by atoms with van der Waals surface area (Å²) in [5.74, 6) is -0.778. The molecule has 7 heteroatoms. The average molecular weight is 465 g/mol. The fourth-order valence-electron chi connectivity index (χ4n) is 2.50. The number of hydrogen-bond donors (Lipinski definition) is 1. The Balaban J connectivity index is 1.98. The number of carbonyl (C=O) groups is 2. The van der Waals surface area contributed by atoms with Gasteiger partial charge >= 0.3 is 5.97 Å². The number of ether oxygens (including phenoxy) is 1. The normalized spacial score (nSPS) is 10.5. The third-order valence-electron chi connectivity index (χ3n) is 3.74. The molecule has 0 radical (unpaired) electrons. The smallest absolute Gasteiger partial charge is 0.341 e. The highest BCUT2D eigenvalue weighted by molar-refractivity contribution is 9.10. The van der Waals surface area contributed by atoms with Gasteiger partial charge in [-0.25, -0.2) is 4.79 Å². The summed E-state index contributed by atoms with van der Waals surface area (Å²) in [6, 6.07) is 14.2. The third kappa shape index (κ3) is 4.58. The Bertz CT molecular complexity index is 985. The first-order valence-corrected chi connectivity index (χ1v) is 10.2. The number of hydrogen-bond acceptors (Lipinski definition) is 4. The first kappa shape index (κ1) is 19.6. The van der Waals surface area contributed by atoms with Crippen LogP contribution in [0.25, 0.3) is 11.1 Å². The van der Waals surface area contributed by atoms with Gasteiger partial charge in [0.25, 0.3) is 5.91 Å². The number of carbonyl (C=O) groups excluding carboxylic acids is 2. The van der Waals surface area contributed by atoms with E-state index in [9.17, 15) is 9.59 Å². The van der Waals surface area contributed by atoms with Crippen LogP contribution in [0.3, 0.4) is 0 Å². The van der Waals surface area contributed by atoms with Crippen LogP contribution in [0, 0.1) is 0 Å². The molecule has 0 saturated carbocycles. The van der Waals surface area contributed by atoms with Crippen LogP contribution >= 0.6 is 38.9 Å². The quantitative estimate of drug-likeness (QED) is 0.453. The molecule has 0 unspecified atom stereocenters. The number of esters is 1. The largest absolute Gasteiger partial charge is 0.462 e. The molecule has 3 aromatic rings. The van der Waals surface area contributed by atoms with E-state index in [1.807, 2.05) is 23.6 Å². The minimum atomic E-state index is -0.478. The molecule has 0 bridgehead atoms. The van der Waals surface area contributed by atoms with Crippen molar-refractivity contribution in [3.05, 3.63) is 74.5 Å². The molecule has 1 aromatic heterocycles. The van der Waals surface area contributed by atoms with E-state index < -0.39 is 5.97 Å². The number of halogens is 2. The number of anilines is 1. The number of rotatable bonds is 5. The Morgan fingerprint density at radius 3 is 2.59 bits per heavy atom. The molecule has 1 amide bonds. The van der Waals surface area contributed by atoms with Crippen LogP contribution in [0.1, 0.15) is 27.6 Å². The predicted molar refractivity (Wildman–Crippen MR) is 113 cm³/mol. The van der Waals surface area contributed by atoms with Crippen molar-refractivity contribution in [3.8, 4) is 11.1 Å². The van der Waals surface area contributed by atoms with Gasteiger partial charge < -0.3 is 10.1 Å². The van der Waals surface area contributed by atoms with Crippen LogP contribution in [0.2, 0.25) is 5.02 Å². The summed E-state index contributed by atoms with van der Waals surface area (Å²) < 4.78 is 6.00. The van der Waals surface area contributed by atoms with Crippen LogP contribution in [0.5, 0.6) is 0 Å². The third-order valence-corrected chi connectivity index (χ3v) is 5.38. The predicted octanol–water partition coefficient (Wildman–Crippen LogP) is 6.26. The van der Waals surface area contributed by atoms with Gasteiger partial charge in [0.2, 0.25) is 0 Å². The molecule has 0 aliphatic heterocycles. The molecule has 4 nitrogen and oxygen atoms in total. The second-order valence-corrected chi connectivity index (χ2v) is 7.78. The Morgan fingerprint density at radius 1 is 1.19 bits per heavy atom. The second kappa shape index (κ2) is 8.69. The molecule has 0 saturated heterocycles. The highest BCUT2D eigenvalue weighted by Crippen LogP contribution is 2.37. The van der Waals surface area contributed by atoms with E-state index in [1.54, 1.807) is 37.3 Å². The Hall–Kier alpha value is -2.15. The van der Waals surface area contributed by atoms with Gasteiger partial charge in [-0.3, -0.25) is 4.79 Å². The summed E-state index contributed by atoms with van der Waals surface area (Å²) in [7, 11) is 0. The first-order chi connectivity index (χ1) is 13.0. The highest BCUT2D eigenvalue weighted by Gasteiger charge is 2.23. The topological polar surface area (TPSA) is 55.4 Å². The number of amides is 1. The summed E-state index contributed by atoms with van der Waals surface area (Å²) >= 11 is 10.6. The molecule has 1 N–H and O–H groups in total. The fourth-order valence-corrected chi connectivity index (χ4v) is 3.98. The van der Waals surface area contributed by atoms with Crippen LogP contribution in [0.15, 0.2) is 58.4 Å². The van der Waals surface area contributed by atoms with E-state index in [0.717, 1.165) is 10.0 Å². The fraction of sp³-hybridized carbons (Fsp3) is 0.100. The van der Waals surface area contributed by atoms with Crippen LogP contribution in [-0.2, 0) is 4.74 Å². The molecule has 27 heavy (non-hydrogen) atoms. The van der Waals surface area contributed by atoms with E-state index in [4.69, 9.17) is 16.3 Å². The molecular weight excluding hydrogens is 450 g/mol. The maximum Gasteiger partial charge on any atom is 0.341 e. The molecule has 0 spiro atoms. The molecule has 138 valence electrons. The standard InChI is InChI=1S/C20H15BrClNO3S/c1-2-26-20(25)17-16(12-6-8-15(22)9-7-12)11-27-19(17)23-18(24)13-4-3-5-14(21)10-13/h3-11H,2H2,1H3,(H,23,24). The van der Waals surface area contributed by atoms with E-state index in [0.29, 0.717) is 26.7 Å².